The van der Waals surface area contributed by atoms with Crippen LogP contribution < -0.4 is 10.6 Å². The van der Waals surface area contributed by atoms with Crippen LogP contribution in [0.25, 0.3) is 0 Å². The first-order valence-electron chi connectivity index (χ1n) is 7.20. The predicted octanol–water partition coefficient (Wildman–Crippen LogP) is 3.56. The van der Waals surface area contributed by atoms with Crippen molar-refractivity contribution in [3.8, 4) is 0 Å². The summed E-state index contributed by atoms with van der Waals surface area (Å²) in [6.07, 6.45) is 3.04. The summed E-state index contributed by atoms with van der Waals surface area (Å²) in [6, 6.07) is 12.1. The van der Waals surface area contributed by atoms with Crippen molar-refractivity contribution in [3.05, 3.63) is 42.2 Å². The van der Waals surface area contributed by atoms with Gasteiger partial charge >= 0.3 is 0 Å². The molecule has 0 saturated heterocycles. The number of hydrogen-bond donors (Lipinski definition) is 1. The van der Waals surface area contributed by atoms with Gasteiger partial charge in [-0.15, -0.1) is 0 Å². The molecule has 106 valence electrons. The van der Waals surface area contributed by atoms with Crippen molar-refractivity contribution in [1.29, 1.82) is 0 Å². The quantitative estimate of drug-likeness (QED) is 0.872. The Kier molecular flexibility index (Phi) is 4.93. The van der Waals surface area contributed by atoms with Crippen molar-refractivity contribution >= 4 is 17.3 Å². The van der Waals surface area contributed by atoms with Crippen LogP contribution in [0.2, 0.25) is 0 Å². The van der Waals surface area contributed by atoms with Gasteiger partial charge in [-0.05, 0) is 18.6 Å². The van der Waals surface area contributed by atoms with E-state index in [1.165, 1.54) is 0 Å². The number of hydrogen-bond acceptors (Lipinski definition) is 4. The topological polar surface area (TPSA) is 55.0 Å². The number of anilines is 3. The van der Waals surface area contributed by atoms with E-state index in [0.717, 1.165) is 43.1 Å². The number of nitrogens with two attached hydrogens (primary N) is 1. The molecule has 0 aliphatic heterocycles. The number of benzene rings is 1. The molecule has 0 amide bonds. The normalized spacial score (nSPS) is 10.5. The van der Waals surface area contributed by atoms with Crippen LogP contribution in [0.5, 0.6) is 0 Å². The average molecular weight is 270 g/mol. The zero-order valence-electron chi connectivity index (χ0n) is 12.2. The van der Waals surface area contributed by atoms with Gasteiger partial charge in [-0.1, -0.05) is 38.5 Å². The Morgan fingerprint density at radius 1 is 1.10 bits per heavy atom. The summed E-state index contributed by atoms with van der Waals surface area (Å²) >= 11 is 0. The van der Waals surface area contributed by atoms with Crippen LogP contribution in [-0.2, 0) is 6.42 Å². The largest absolute Gasteiger partial charge is 0.384 e. The monoisotopic (exact) mass is 270 g/mol. The Morgan fingerprint density at radius 2 is 1.85 bits per heavy atom. The highest BCUT2D eigenvalue weighted by atomic mass is 15.2. The van der Waals surface area contributed by atoms with Crippen molar-refractivity contribution in [2.24, 2.45) is 0 Å². The van der Waals surface area contributed by atoms with E-state index < -0.39 is 0 Å². The standard InChI is InChI=1S/C16H22N4/c1-3-5-11-20(13-9-7-6-8-10-13)16-12-14(17)18-15(4-2)19-16/h6-10,12H,3-5,11H2,1-2H3,(H2,17,18,19). The fourth-order valence-electron chi connectivity index (χ4n) is 2.10. The summed E-state index contributed by atoms with van der Waals surface area (Å²) in [7, 11) is 0. The second-order valence-electron chi connectivity index (χ2n) is 4.76. The molecule has 0 aliphatic carbocycles. The lowest BCUT2D eigenvalue weighted by molar-refractivity contribution is 0.774. The van der Waals surface area contributed by atoms with Crippen molar-refractivity contribution in [1.82, 2.24) is 9.97 Å². The molecule has 0 aliphatic rings. The first-order valence-corrected chi connectivity index (χ1v) is 7.20. The number of aromatic nitrogens is 2. The minimum absolute atomic E-state index is 0.532. The lowest BCUT2D eigenvalue weighted by atomic mass is 10.2. The lowest BCUT2D eigenvalue weighted by Gasteiger charge is -2.24. The minimum atomic E-state index is 0.532. The van der Waals surface area contributed by atoms with Crippen LogP contribution in [0.3, 0.4) is 0 Å². The van der Waals surface area contributed by atoms with E-state index in [0.29, 0.717) is 5.82 Å². The summed E-state index contributed by atoms with van der Waals surface area (Å²) in [6.45, 7) is 5.16. The van der Waals surface area contributed by atoms with Crippen LogP contribution in [0, 0.1) is 0 Å². The Balaban J connectivity index is 2.38. The van der Waals surface area contributed by atoms with Gasteiger partial charge in [0.15, 0.2) is 0 Å². The first kappa shape index (κ1) is 14.3. The molecule has 0 fully saturated rings. The number of nitrogen functional groups attached to an aromatic ring is 1. The maximum Gasteiger partial charge on any atom is 0.138 e. The van der Waals surface area contributed by atoms with E-state index in [9.17, 15) is 0 Å². The summed E-state index contributed by atoms with van der Waals surface area (Å²) in [5.74, 6) is 2.20. The molecular formula is C16H22N4. The third-order valence-corrected chi connectivity index (χ3v) is 3.17. The van der Waals surface area contributed by atoms with Crippen molar-refractivity contribution in [2.45, 2.75) is 33.1 Å². The summed E-state index contributed by atoms with van der Waals surface area (Å²) in [4.78, 5) is 11.1. The smallest absolute Gasteiger partial charge is 0.138 e. The van der Waals surface area contributed by atoms with Gasteiger partial charge in [-0.25, -0.2) is 9.97 Å². The Labute approximate surface area is 120 Å². The van der Waals surface area contributed by atoms with E-state index in [2.05, 4.69) is 33.9 Å². The summed E-state index contributed by atoms with van der Waals surface area (Å²) < 4.78 is 0. The van der Waals surface area contributed by atoms with E-state index >= 15 is 0 Å². The highest BCUT2D eigenvalue weighted by Gasteiger charge is 2.12. The molecule has 20 heavy (non-hydrogen) atoms. The highest BCUT2D eigenvalue weighted by Crippen LogP contribution is 2.25. The molecule has 1 aromatic heterocycles. The van der Waals surface area contributed by atoms with E-state index in [1.54, 1.807) is 0 Å². The van der Waals surface area contributed by atoms with Gasteiger partial charge in [-0.2, -0.15) is 0 Å². The van der Waals surface area contributed by atoms with Gasteiger partial charge in [0.1, 0.15) is 17.5 Å². The average Bonchev–Trinajstić information content (AvgIpc) is 2.48. The van der Waals surface area contributed by atoms with Crippen LogP contribution in [0.4, 0.5) is 17.3 Å². The second-order valence-corrected chi connectivity index (χ2v) is 4.76. The van der Waals surface area contributed by atoms with Crippen LogP contribution in [-0.4, -0.2) is 16.5 Å². The number of rotatable bonds is 6. The molecule has 1 aromatic carbocycles. The van der Waals surface area contributed by atoms with Crippen molar-refractivity contribution in [3.63, 3.8) is 0 Å². The van der Waals surface area contributed by atoms with Crippen LogP contribution in [0.15, 0.2) is 36.4 Å². The molecule has 0 atom stereocenters. The predicted molar refractivity (Wildman–Crippen MR) is 84.2 cm³/mol. The number of aryl methyl sites for hydroxylation is 1. The van der Waals surface area contributed by atoms with Gasteiger partial charge < -0.3 is 10.6 Å². The van der Waals surface area contributed by atoms with Gasteiger partial charge in [0.25, 0.3) is 0 Å². The van der Waals surface area contributed by atoms with Crippen molar-refractivity contribution in [2.75, 3.05) is 17.2 Å². The Bertz CT molecular complexity index is 539. The molecular weight excluding hydrogens is 248 g/mol. The molecule has 0 bridgehead atoms. The van der Waals surface area contributed by atoms with E-state index in [-0.39, 0.29) is 0 Å². The van der Waals surface area contributed by atoms with E-state index in [1.807, 2.05) is 31.2 Å². The zero-order valence-corrected chi connectivity index (χ0v) is 12.2. The lowest BCUT2D eigenvalue weighted by Crippen LogP contribution is -2.20. The SMILES string of the molecule is CCCCN(c1ccccc1)c1cc(N)nc(CC)n1. The fraction of sp³-hybridized carbons (Fsp3) is 0.375. The fourth-order valence-corrected chi connectivity index (χ4v) is 2.10. The molecule has 4 nitrogen and oxygen atoms in total. The van der Waals surface area contributed by atoms with Gasteiger partial charge in [0.2, 0.25) is 0 Å². The maximum absolute atomic E-state index is 5.90. The third-order valence-electron chi connectivity index (χ3n) is 3.17. The number of nitrogens with zero attached hydrogens (tertiary/aromatic N) is 3. The highest BCUT2D eigenvalue weighted by molar-refractivity contribution is 5.61. The van der Waals surface area contributed by atoms with Crippen molar-refractivity contribution < 1.29 is 0 Å². The van der Waals surface area contributed by atoms with Crippen LogP contribution >= 0.6 is 0 Å². The molecule has 0 radical (unpaired) electrons. The molecule has 2 N–H and O–H groups in total. The number of para-hydroxylation sites is 1. The second kappa shape index (κ2) is 6.89. The Morgan fingerprint density at radius 3 is 2.50 bits per heavy atom. The van der Waals surface area contributed by atoms with Crippen LogP contribution in [0.1, 0.15) is 32.5 Å². The molecule has 0 spiro atoms. The van der Waals surface area contributed by atoms with Gasteiger partial charge in [0.05, 0.1) is 0 Å². The molecule has 2 rings (SSSR count). The molecule has 1 heterocycles. The minimum Gasteiger partial charge on any atom is -0.384 e. The molecule has 0 saturated carbocycles. The number of unbranched alkanes of at least 4 members (excludes halogenated alkanes) is 1. The third kappa shape index (κ3) is 3.47. The molecule has 0 unspecified atom stereocenters. The molecule has 2 aromatic rings. The van der Waals surface area contributed by atoms with Gasteiger partial charge in [-0.3, -0.25) is 0 Å². The summed E-state index contributed by atoms with van der Waals surface area (Å²) in [5.41, 5.74) is 7.04. The van der Waals surface area contributed by atoms with E-state index in [4.69, 9.17) is 5.73 Å². The maximum atomic E-state index is 5.90. The van der Waals surface area contributed by atoms with Gasteiger partial charge in [0, 0.05) is 24.7 Å². The Hall–Kier alpha value is -2.10. The zero-order chi connectivity index (χ0) is 14.4. The summed E-state index contributed by atoms with van der Waals surface area (Å²) in [5, 5.41) is 0. The first-order chi connectivity index (χ1) is 9.74. The molecule has 4 heteroatoms.